The Morgan fingerprint density at radius 2 is 2.25 bits per heavy atom. The number of methoxy groups -OCH3 is 1. The third kappa shape index (κ3) is 3.33. The van der Waals surface area contributed by atoms with Crippen molar-refractivity contribution in [1.29, 1.82) is 0 Å². The summed E-state index contributed by atoms with van der Waals surface area (Å²) < 4.78 is 4.88. The van der Waals surface area contributed by atoms with Crippen molar-refractivity contribution in [3.05, 3.63) is 28.0 Å². The molecule has 6 heteroatoms. The third-order valence-electron chi connectivity index (χ3n) is 2.02. The lowest BCUT2D eigenvalue weighted by atomic mass is 10.2. The number of nitrogens with zero attached hydrogens (tertiary/aromatic N) is 2. The molecule has 0 aliphatic carbocycles. The number of amides is 1. The van der Waals surface area contributed by atoms with E-state index in [-0.39, 0.29) is 16.1 Å². The zero-order chi connectivity index (χ0) is 12.1. The topological polar surface area (TPSA) is 42.4 Å². The minimum Gasteiger partial charge on any atom is -0.383 e. The highest BCUT2D eigenvalue weighted by atomic mass is 35.5. The molecule has 0 fully saturated rings. The fourth-order valence-corrected chi connectivity index (χ4v) is 1.36. The molecule has 0 aliphatic heterocycles. The maximum Gasteiger partial charge on any atom is 0.255 e. The molecule has 0 N–H and O–H groups in total. The fourth-order valence-electron chi connectivity index (χ4n) is 1.09. The van der Waals surface area contributed by atoms with E-state index in [4.69, 9.17) is 27.9 Å². The highest BCUT2D eigenvalue weighted by Gasteiger charge is 2.13. The zero-order valence-electron chi connectivity index (χ0n) is 9.04. The van der Waals surface area contributed by atoms with Crippen molar-refractivity contribution in [2.24, 2.45) is 0 Å². The molecule has 0 aliphatic rings. The Hall–Kier alpha value is -0.840. The maximum absolute atomic E-state index is 11.8. The summed E-state index contributed by atoms with van der Waals surface area (Å²) >= 11 is 11.4. The van der Waals surface area contributed by atoms with Crippen LogP contribution in [0.5, 0.6) is 0 Å². The van der Waals surface area contributed by atoms with Gasteiger partial charge < -0.3 is 9.64 Å². The smallest absolute Gasteiger partial charge is 0.255 e. The second-order valence-corrected chi connectivity index (χ2v) is 3.98. The molecule has 88 valence electrons. The first-order chi connectivity index (χ1) is 7.56. The zero-order valence-corrected chi connectivity index (χ0v) is 10.5. The summed E-state index contributed by atoms with van der Waals surface area (Å²) in [5.41, 5.74) is 0.410. The van der Waals surface area contributed by atoms with Crippen molar-refractivity contribution < 1.29 is 9.53 Å². The largest absolute Gasteiger partial charge is 0.383 e. The number of likely N-dealkylation sites (N-methyl/N-ethyl adjacent to an activating group) is 1. The maximum atomic E-state index is 11.8. The molecular formula is C10H12Cl2N2O2. The van der Waals surface area contributed by atoms with Crippen LogP contribution in [-0.4, -0.2) is 43.1 Å². The van der Waals surface area contributed by atoms with Crippen LogP contribution >= 0.6 is 23.2 Å². The summed E-state index contributed by atoms with van der Waals surface area (Å²) in [4.78, 5) is 17.2. The molecule has 1 heterocycles. The van der Waals surface area contributed by atoms with Gasteiger partial charge in [-0.1, -0.05) is 23.2 Å². The summed E-state index contributed by atoms with van der Waals surface area (Å²) in [5.74, 6) is -0.164. The lowest BCUT2D eigenvalue weighted by Gasteiger charge is -2.16. The Morgan fingerprint density at radius 3 is 2.81 bits per heavy atom. The van der Waals surface area contributed by atoms with E-state index in [1.165, 1.54) is 17.2 Å². The quantitative estimate of drug-likeness (QED) is 0.781. The van der Waals surface area contributed by atoms with Gasteiger partial charge in [0, 0.05) is 26.9 Å². The molecule has 0 aromatic carbocycles. The standard InChI is InChI=1S/C10H12Cl2N2O2/c1-14(3-4-16-2)10(15)7-5-8(11)9(12)13-6-7/h5-6H,3-4H2,1-2H3. The number of aromatic nitrogens is 1. The molecule has 0 saturated carbocycles. The van der Waals surface area contributed by atoms with E-state index in [1.807, 2.05) is 0 Å². The second-order valence-electron chi connectivity index (χ2n) is 3.22. The van der Waals surface area contributed by atoms with Crippen LogP contribution in [0.3, 0.4) is 0 Å². The molecule has 1 rings (SSSR count). The van der Waals surface area contributed by atoms with E-state index in [2.05, 4.69) is 4.98 Å². The first-order valence-electron chi connectivity index (χ1n) is 4.61. The van der Waals surface area contributed by atoms with Crippen LogP contribution in [0.1, 0.15) is 10.4 Å². The molecule has 0 radical (unpaired) electrons. The summed E-state index contributed by atoms with van der Waals surface area (Å²) in [6.07, 6.45) is 1.40. The molecule has 0 spiro atoms. The summed E-state index contributed by atoms with van der Waals surface area (Å²) in [5, 5.41) is 0.463. The van der Waals surface area contributed by atoms with Crippen molar-refractivity contribution in [2.75, 3.05) is 27.3 Å². The van der Waals surface area contributed by atoms with Crippen LogP contribution in [0.25, 0.3) is 0 Å². The average Bonchev–Trinajstić information content (AvgIpc) is 2.28. The van der Waals surface area contributed by atoms with Gasteiger partial charge in [-0.3, -0.25) is 4.79 Å². The SMILES string of the molecule is COCCN(C)C(=O)c1cnc(Cl)c(Cl)c1. The monoisotopic (exact) mass is 262 g/mol. The predicted octanol–water partition coefficient (Wildman–Crippen LogP) is 2.11. The van der Waals surface area contributed by atoms with Gasteiger partial charge in [0.25, 0.3) is 5.91 Å². The van der Waals surface area contributed by atoms with E-state index in [0.717, 1.165) is 0 Å². The number of rotatable bonds is 4. The van der Waals surface area contributed by atoms with Crippen LogP contribution in [0, 0.1) is 0 Å². The number of hydrogen-bond donors (Lipinski definition) is 0. The van der Waals surface area contributed by atoms with E-state index in [1.54, 1.807) is 14.2 Å². The normalized spacial score (nSPS) is 10.2. The second kappa shape index (κ2) is 6.03. The number of hydrogen-bond acceptors (Lipinski definition) is 3. The summed E-state index contributed by atoms with van der Waals surface area (Å²) in [7, 11) is 3.27. The molecule has 4 nitrogen and oxygen atoms in total. The van der Waals surface area contributed by atoms with Crippen LogP contribution in [0.15, 0.2) is 12.3 Å². The van der Waals surface area contributed by atoms with Gasteiger partial charge >= 0.3 is 0 Å². The molecule has 1 amide bonds. The number of ether oxygens (including phenoxy) is 1. The molecule has 0 bridgehead atoms. The molecule has 0 unspecified atom stereocenters. The van der Waals surface area contributed by atoms with E-state index in [9.17, 15) is 4.79 Å². The molecule has 16 heavy (non-hydrogen) atoms. The van der Waals surface area contributed by atoms with Gasteiger partial charge in [-0.2, -0.15) is 0 Å². The van der Waals surface area contributed by atoms with Gasteiger partial charge in [0.15, 0.2) is 0 Å². The van der Waals surface area contributed by atoms with Crippen molar-refractivity contribution in [1.82, 2.24) is 9.88 Å². The first-order valence-corrected chi connectivity index (χ1v) is 5.37. The highest BCUT2D eigenvalue weighted by molar-refractivity contribution is 6.41. The molecule has 1 aromatic heterocycles. The Labute approximate surface area is 104 Å². The number of carbonyl (C=O) groups excluding carboxylic acids is 1. The van der Waals surface area contributed by atoms with Gasteiger partial charge in [-0.05, 0) is 6.07 Å². The Morgan fingerprint density at radius 1 is 1.56 bits per heavy atom. The van der Waals surface area contributed by atoms with Crippen LogP contribution in [-0.2, 0) is 4.74 Å². The van der Waals surface area contributed by atoms with Crippen molar-refractivity contribution >= 4 is 29.1 Å². The third-order valence-corrected chi connectivity index (χ3v) is 2.71. The summed E-state index contributed by atoms with van der Waals surface area (Å²) in [6, 6.07) is 1.50. The highest BCUT2D eigenvalue weighted by Crippen LogP contribution is 2.20. The molecule has 1 aromatic rings. The van der Waals surface area contributed by atoms with Gasteiger partial charge in [0.1, 0.15) is 5.15 Å². The van der Waals surface area contributed by atoms with Crippen LogP contribution in [0.2, 0.25) is 10.2 Å². The van der Waals surface area contributed by atoms with Crippen LogP contribution in [0.4, 0.5) is 0 Å². The first kappa shape index (κ1) is 13.2. The molecular weight excluding hydrogens is 251 g/mol. The Balaban J connectivity index is 2.76. The summed E-state index contributed by atoms with van der Waals surface area (Å²) in [6.45, 7) is 0.993. The predicted molar refractivity (Wildman–Crippen MR) is 63.1 cm³/mol. The lowest BCUT2D eigenvalue weighted by molar-refractivity contribution is 0.0744. The number of carbonyl (C=O) groups is 1. The van der Waals surface area contributed by atoms with E-state index in [0.29, 0.717) is 18.7 Å². The van der Waals surface area contributed by atoms with Crippen molar-refractivity contribution in [2.45, 2.75) is 0 Å². The van der Waals surface area contributed by atoms with Gasteiger partial charge in [-0.25, -0.2) is 4.98 Å². The Bertz CT molecular complexity index is 385. The van der Waals surface area contributed by atoms with Gasteiger partial charge in [-0.15, -0.1) is 0 Å². The lowest BCUT2D eigenvalue weighted by Crippen LogP contribution is -2.30. The van der Waals surface area contributed by atoms with E-state index < -0.39 is 0 Å². The molecule has 0 saturated heterocycles. The minimum absolute atomic E-state index is 0.164. The minimum atomic E-state index is -0.164. The van der Waals surface area contributed by atoms with Crippen LogP contribution < -0.4 is 0 Å². The van der Waals surface area contributed by atoms with Crippen molar-refractivity contribution in [3.8, 4) is 0 Å². The van der Waals surface area contributed by atoms with Crippen molar-refractivity contribution in [3.63, 3.8) is 0 Å². The fraction of sp³-hybridized carbons (Fsp3) is 0.400. The van der Waals surface area contributed by atoms with Gasteiger partial charge in [0.05, 0.1) is 17.2 Å². The van der Waals surface area contributed by atoms with E-state index >= 15 is 0 Å². The average molecular weight is 263 g/mol. The molecule has 0 atom stereocenters. The number of pyridine rings is 1. The number of halogens is 2. The van der Waals surface area contributed by atoms with Gasteiger partial charge in [0.2, 0.25) is 0 Å². The Kier molecular flexibility index (Phi) is 4.99.